The van der Waals surface area contributed by atoms with E-state index in [2.05, 4.69) is 5.32 Å². The molecule has 2 amide bonds. The van der Waals surface area contributed by atoms with Crippen molar-refractivity contribution in [1.29, 1.82) is 0 Å². The van der Waals surface area contributed by atoms with Crippen LogP contribution in [-0.2, 0) is 11.4 Å². The Morgan fingerprint density at radius 3 is 2.39 bits per heavy atom. The molecule has 1 heterocycles. The lowest BCUT2D eigenvalue weighted by molar-refractivity contribution is -0.116. The monoisotopic (exact) mass is 436 g/mol. The van der Waals surface area contributed by atoms with Gasteiger partial charge in [0.2, 0.25) is 5.91 Å². The van der Waals surface area contributed by atoms with Gasteiger partial charge in [0.05, 0.1) is 5.69 Å². The molecule has 0 radical (unpaired) electrons. The Morgan fingerprint density at radius 2 is 1.61 bits per heavy atom. The molecule has 33 heavy (non-hydrogen) atoms. The van der Waals surface area contributed by atoms with Crippen LogP contribution in [0, 0.1) is 0 Å². The number of hydrogen-bond donors (Lipinski definition) is 1. The van der Waals surface area contributed by atoms with Crippen LogP contribution in [0.5, 0.6) is 5.75 Å². The molecule has 1 aliphatic heterocycles. The molecule has 0 aliphatic carbocycles. The number of carbonyl (C=O) groups is 2. The van der Waals surface area contributed by atoms with Crippen LogP contribution in [0.3, 0.4) is 0 Å². The summed E-state index contributed by atoms with van der Waals surface area (Å²) in [6.45, 7) is 1.01. The summed E-state index contributed by atoms with van der Waals surface area (Å²) in [4.78, 5) is 27.0. The molecule has 1 aliphatic rings. The van der Waals surface area contributed by atoms with Crippen LogP contribution in [0.2, 0.25) is 0 Å². The van der Waals surface area contributed by atoms with Crippen molar-refractivity contribution in [3.05, 3.63) is 102 Å². The van der Waals surface area contributed by atoms with E-state index in [-0.39, 0.29) is 11.8 Å². The first-order valence-electron chi connectivity index (χ1n) is 11.1. The molecule has 0 saturated carbocycles. The maximum absolute atomic E-state index is 12.8. The Kier molecular flexibility index (Phi) is 5.77. The average molecular weight is 437 g/mol. The largest absolute Gasteiger partial charge is 0.489 e. The quantitative estimate of drug-likeness (QED) is 0.380. The molecular formula is C28H24N2O3. The van der Waals surface area contributed by atoms with E-state index in [4.69, 9.17) is 4.74 Å². The summed E-state index contributed by atoms with van der Waals surface area (Å²) in [5, 5.41) is 4.99. The second-order valence-corrected chi connectivity index (χ2v) is 8.09. The van der Waals surface area contributed by atoms with Gasteiger partial charge in [-0.05, 0) is 53.8 Å². The van der Waals surface area contributed by atoms with Crippen molar-refractivity contribution in [1.82, 2.24) is 0 Å². The van der Waals surface area contributed by atoms with E-state index in [1.807, 2.05) is 91.0 Å². The topological polar surface area (TPSA) is 58.6 Å². The lowest BCUT2D eigenvalue weighted by Crippen LogP contribution is -2.28. The molecule has 0 unspecified atom stereocenters. The summed E-state index contributed by atoms with van der Waals surface area (Å²) in [7, 11) is 0. The lowest BCUT2D eigenvalue weighted by Gasteiger charge is -2.17. The minimum Gasteiger partial charge on any atom is -0.489 e. The third kappa shape index (κ3) is 4.44. The van der Waals surface area contributed by atoms with Crippen LogP contribution in [0.25, 0.3) is 10.8 Å². The number of rotatable bonds is 8. The number of amides is 2. The van der Waals surface area contributed by atoms with Gasteiger partial charge < -0.3 is 15.0 Å². The zero-order chi connectivity index (χ0) is 22.6. The Morgan fingerprint density at radius 1 is 0.848 bits per heavy atom. The van der Waals surface area contributed by atoms with Crippen LogP contribution in [0.15, 0.2) is 91.0 Å². The first-order chi connectivity index (χ1) is 16.2. The summed E-state index contributed by atoms with van der Waals surface area (Å²) in [6, 6.07) is 29.1. The highest BCUT2D eigenvalue weighted by Crippen LogP contribution is 2.37. The van der Waals surface area contributed by atoms with Gasteiger partial charge in [0.25, 0.3) is 5.91 Å². The van der Waals surface area contributed by atoms with Crippen LogP contribution in [0.4, 0.5) is 11.4 Å². The second-order valence-electron chi connectivity index (χ2n) is 8.09. The second kappa shape index (κ2) is 9.17. The number of ether oxygens (including phenoxy) is 1. The molecule has 0 atom stereocenters. The van der Waals surface area contributed by atoms with Crippen LogP contribution < -0.4 is 15.0 Å². The molecule has 1 N–H and O–H groups in total. The number of benzene rings is 4. The molecule has 164 valence electrons. The van der Waals surface area contributed by atoms with Crippen molar-refractivity contribution in [3.63, 3.8) is 0 Å². The van der Waals surface area contributed by atoms with Crippen molar-refractivity contribution >= 4 is 34.0 Å². The molecule has 0 spiro atoms. The molecule has 5 heteroatoms. The molecule has 0 saturated heterocycles. The fraction of sp³-hybridized carbons (Fsp3) is 0.143. The number of nitrogens with zero attached hydrogens (tertiary/aromatic N) is 1. The smallest absolute Gasteiger partial charge is 0.258 e. The predicted molar refractivity (Wildman–Crippen MR) is 131 cm³/mol. The van der Waals surface area contributed by atoms with Crippen molar-refractivity contribution < 1.29 is 14.3 Å². The normalized spacial score (nSPS) is 12.2. The van der Waals surface area contributed by atoms with Gasteiger partial charge in [-0.25, -0.2) is 0 Å². The van der Waals surface area contributed by atoms with Gasteiger partial charge in [0.15, 0.2) is 0 Å². The number of carbonyl (C=O) groups excluding carboxylic acids is 2. The molecule has 5 nitrogen and oxygen atoms in total. The Hall–Kier alpha value is -4.12. The van der Waals surface area contributed by atoms with E-state index < -0.39 is 0 Å². The van der Waals surface area contributed by atoms with Crippen molar-refractivity contribution in [2.45, 2.75) is 19.4 Å². The van der Waals surface area contributed by atoms with E-state index in [1.54, 1.807) is 4.90 Å². The number of hydrogen-bond acceptors (Lipinski definition) is 3. The minimum atomic E-state index is -0.0738. The Labute approximate surface area is 192 Å². The zero-order valence-corrected chi connectivity index (χ0v) is 18.2. The summed E-state index contributed by atoms with van der Waals surface area (Å²) in [6.07, 6.45) is 0.919. The van der Waals surface area contributed by atoms with Gasteiger partial charge in [0, 0.05) is 29.6 Å². The molecule has 0 fully saturated rings. The van der Waals surface area contributed by atoms with Gasteiger partial charge >= 0.3 is 0 Å². The maximum Gasteiger partial charge on any atom is 0.258 e. The van der Waals surface area contributed by atoms with Gasteiger partial charge in [-0.1, -0.05) is 54.6 Å². The van der Waals surface area contributed by atoms with Gasteiger partial charge in [-0.15, -0.1) is 0 Å². The van der Waals surface area contributed by atoms with E-state index in [9.17, 15) is 9.59 Å². The summed E-state index contributed by atoms with van der Waals surface area (Å²) in [5.41, 5.74) is 3.49. The van der Waals surface area contributed by atoms with Crippen LogP contribution in [-0.4, -0.2) is 18.4 Å². The first-order valence-corrected chi connectivity index (χ1v) is 11.1. The Balaban J connectivity index is 1.12. The number of anilines is 2. The average Bonchev–Trinajstić information content (AvgIpc) is 3.12. The first kappa shape index (κ1) is 20.8. The summed E-state index contributed by atoms with van der Waals surface area (Å²) < 4.78 is 5.78. The predicted octanol–water partition coefficient (Wildman–Crippen LogP) is 5.80. The zero-order valence-electron chi connectivity index (χ0n) is 18.2. The number of nitrogens with one attached hydrogen (secondary N) is 1. The van der Waals surface area contributed by atoms with Gasteiger partial charge in [-0.2, -0.15) is 0 Å². The summed E-state index contributed by atoms with van der Waals surface area (Å²) in [5.74, 6) is 0.682. The maximum atomic E-state index is 12.8. The fourth-order valence-electron chi connectivity index (χ4n) is 4.20. The van der Waals surface area contributed by atoms with Crippen molar-refractivity contribution in [3.8, 4) is 5.75 Å². The highest BCUT2D eigenvalue weighted by atomic mass is 16.5. The lowest BCUT2D eigenvalue weighted by atomic mass is 10.1. The molecule has 4 aromatic carbocycles. The van der Waals surface area contributed by atoms with Crippen LogP contribution >= 0.6 is 0 Å². The van der Waals surface area contributed by atoms with Crippen LogP contribution in [0.1, 0.15) is 28.8 Å². The molecule has 0 aromatic heterocycles. The third-order valence-corrected chi connectivity index (χ3v) is 5.82. The van der Waals surface area contributed by atoms with Gasteiger partial charge in [0.1, 0.15) is 12.4 Å². The summed E-state index contributed by atoms with van der Waals surface area (Å²) >= 11 is 0. The molecule has 4 aromatic rings. The molecule has 5 rings (SSSR count). The van der Waals surface area contributed by atoms with E-state index in [1.165, 1.54) is 0 Å². The van der Waals surface area contributed by atoms with E-state index >= 15 is 0 Å². The van der Waals surface area contributed by atoms with Crippen molar-refractivity contribution in [2.75, 3.05) is 16.8 Å². The van der Waals surface area contributed by atoms with E-state index in [0.717, 1.165) is 39.0 Å². The molecule has 0 bridgehead atoms. The Bertz CT molecular complexity index is 1290. The minimum absolute atomic E-state index is 0.00768. The third-order valence-electron chi connectivity index (χ3n) is 5.82. The van der Waals surface area contributed by atoms with Crippen molar-refractivity contribution in [2.24, 2.45) is 0 Å². The standard InChI is InChI=1S/C28H24N2O3/c31-26(29-22-14-16-23(17-15-22)33-19-20-7-2-1-3-8-20)13-6-18-30-25-12-5-10-21-9-4-11-24(27(21)25)28(30)32/h1-5,7-12,14-17H,6,13,18-19H2,(H,29,31). The van der Waals surface area contributed by atoms with E-state index in [0.29, 0.717) is 26.0 Å². The fourth-order valence-corrected chi connectivity index (χ4v) is 4.20. The SMILES string of the molecule is O=C(CCCN1C(=O)c2cccc3cccc1c23)Nc1ccc(OCc2ccccc2)cc1. The molecular weight excluding hydrogens is 412 g/mol. The highest BCUT2D eigenvalue weighted by molar-refractivity contribution is 6.25. The van der Waals surface area contributed by atoms with Gasteiger partial charge in [-0.3, -0.25) is 9.59 Å². The highest BCUT2D eigenvalue weighted by Gasteiger charge is 2.28.